The van der Waals surface area contributed by atoms with Crippen LogP contribution in [0.2, 0.25) is 0 Å². The van der Waals surface area contributed by atoms with Crippen molar-refractivity contribution >= 4 is 11.6 Å². The largest absolute Gasteiger partial charge is 0.497 e. The summed E-state index contributed by atoms with van der Waals surface area (Å²) in [4.78, 5) is 12.5. The van der Waals surface area contributed by atoms with Gasteiger partial charge in [0.15, 0.2) is 5.82 Å². The number of carbonyl (C=O) groups excluding carboxylic acids is 1. The molecule has 7 heteroatoms. The Balaban J connectivity index is 1.57. The highest BCUT2D eigenvalue weighted by Crippen LogP contribution is 2.36. The topological polar surface area (TPSA) is 81.9 Å². The zero-order valence-corrected chi connectivity index (χ0v) is 13.7. The van der Waals surface area contributed by atoms with E-state index < -0.39 is 0 Å². The van der Waals surface area contributed by atoms with Crippen molar-refractivity contribution in [3.63, 3.8) is 0 Å². The predicted molar refractivity (Wildman–Crippen MR) is 92.5 cm³/mol. The third-order valence-electron chi connectivity index (χ3n) is 4.10. The number of benzene rings is 2. The van der Waals surface area contributed by atoms with Gasteiger partial charge in [-0.05, 0) is 53.6 Å². The summed E-state index contributed by atoms with van der Waals surface area (Å²) in [6, 6.07) is 15.0. The Morgan fingerprint density at radius 3 is 2.84 bits per heavy atom. The van der Waals surface area contributed by atoms with Crippen LogP contribution in [-0.2, 0) is 0 Å². The van der Waals surface area contributed by atoms with Crippen molar-refractivity contribution in [1.29, 1.82) is 0 Å². The lowest BCUT2D eigenvalue weighted by molar-refractivity contribution is 0.102. The molecule has 0 radical (unpaired) electrons. The van der Waals surface area contributed by atoms with Gasteiger partial charge < -0.3 is 10.1 Å². The molecule has 7 nitrogen and oxygen atoms in total. The van der Waals surface area contributed by atoms with Crippen LogP contribution < -0.4 is 10.1 Å². The first-order chi connectivity index (χ1) is 12.2. The van der Waals surface area contributed by atoms with Crippen molar-refractivity contribution in [2.24, 2.45) is 0 Å². The van der Waals surface area contributed by atoms with E-state index in [0.29, 0.717) is 23.0 Å². The minimum Gasteiger partial charge on any atom is -0.497 e. The standard InChI is InChI=1S/C18H17N5O2/c1-25-16-7-3-5-13(11-16)18(24)19-14-6-2-4-12(10-14)17-20-21-22-23(17)15-8-9-15/h2-7,10-11,15H,8-9H2,1H3,(H,19,24). The molecule has 3 aromatic rings. The Labute approximate surface area is 144 Å². The Kier molecular flexibility index (Phi) is 3.89. The highest BCUT2D eigenvalue weighted by molar-refractivity contribution is 6.04. The van der Waals surface area contributed by atoms with Gasteiger partial charge in [-0.3, -0.25) is 4.79 Å². The maximum absolute atomic E-state index is 12.5. The molecule has 0 atom stereocenters. The Morgan fingerprint density at radius 2 is 2.04 bits per heavy atom. The lowest BCUT2D eigenvalue weighted by Crippen LogP contribution is -2.12. The van der Waals surface area contributed by atoms with Crippen molar-refractivity contribution in [3.8, 4) is 17.1 Å². The van der Waals surface area contributed by atoms with E-state index in [4.69, 9.17) is 4.74 Å². The number of nitrogens with zero attached hydrogens (tertiary/aromatic N) is 4. The van der Waals surface area contributed by atoms with E-state index in [0.717, 1.165) is 24.2 Å². The van der Waals surface area contributed by atoms with Crippen LogP contribution in [0.5, 0.6) is 5.75 Å². The van der Waals surface area contributed by atoms with Crippen molar-refractivity contribution < 1.29 is 9.53 Å². The fourth-order valence-corrected chi connectivity index (χ4v) is 2.65. The van der Waals surface area contributed by atoms with E-state index in [1.54, 1.807) is 31.4 Å². The van der Waals surface area contributed by atoms with Crippen LogP contribution >= 0.6 is 0 Å². The first kappa shape index (κ1) is 15.3. The fraction of sp³-hybridized carbons (Fsp3) is 0.222. The van der Waals surface area contributed by atoms with E-state index in [2.05, 4.69) is 20.8 Å². The molecule has 1 N–H and O–H groups in total. The molecule has 25 heavy (non-hydrogen) atoms. The number of hydrogen-bond donors (Lipinski definition) is 1. The lowest BCUT2D eigenvalue weighted by Gasteiger charge is -2.08. The van der Waals surface area contributed by atoms with Crippen molar-refractivity contribution in [2.75, 3.05) is 12.4 Å². The number of aromatic nitrogens is 4. The molecule has 1 aliphatic carbocycles. The summed E-state index contributed by atoms with van der Waals surface area (Å²) in [6.45, 7) is 0. The molecule has 1 aromatic heterocycles. The number of hydrogen-bond acceptors (Lipinski definition) is 5. The van der Waals surface area contributed by atoms with Crippen LogP contribution in [0.4, 0.5) is 5.69 Å². The summed E-state index contributed by atoms with van der Waals surface area (Å²) in [7, 11) is 1.57. The second-order valence-electron chi connectivity index (χ2n) is 5.95. The Hall–Kier alpha value is -3.22. The van der Waals surface area contributed by atoms with Gasteiger partial charge in [-0.2, -0.15) is 0 Å². The van der Waals surface area contributed by atoms with E-state index in [-0.39, 0.29) is 5.91 Å². The Morgan fingerprint density at radius 1 is 1.20 bits per heavy atom. The first-order valence-corrected chi connectivity index (χ1v) is 8.08. The molecule has 0 spiro atoms. The zero-order valence-electron chi connectivity index (χ0n) is 13.7. The second kappa shape index (κ2) is 6.35. The fourth-order valence-electron chi connectivity index (χ4n) is 2.65. The van der Waals surface area contributed by atoms with Crippen molar-refractivity contribution in [2.45, 2.75) is 18.9 Å². The number of tetrazole rings is 1. The van der Waals surface area contributed by atoms with Gasteiger partial charge in [-0.15, -0.1) is 5.10 Å². The number of anilines is 1. The van der Waals surface area contributed by atoms with Crippen molar-refractivity contribution in [3.05, 3.63) is 54.1 Å². The molecule has 1 heterocycles. The lowest BCUT2D eigenvalue weighted by atomic mass is 10.1. The minimum atomic E-state index is -0.196. The number of ether oxygens (including phenoxy) is 1. The van der Waals surface area contributed by atoms with Gasteiger partial charge in [0, 0.05) is 16.8 Å². The SMILES string of the molecule is COc1cccc(C(=O)Nc2cccc(-c3nnnn3C3CC3)c2)c1. The van der Waals surface area contributed by atoms with E-state index in [1.807, 2.05) is 28.9 Å². The summed E-state index contributed by atoms with van der Waals surface area (Å²) < 4.78 is 7.01. The molecule has 1 saturated carbocycles. The Bertz CT molecular complexity index is 917. The van der Waals surface area contributed by atoms with Crippen LogP contribution in [0.15, 0.2) is 48.5 Å². The molecule has 0 unspecified atom stereocenters. The maximum atomic E-state index is 12.5. The van der Waals surface area contributed by atoms with Gasteiger partial charge in [0.1, 0.15) is 5.75 Å². The van der Waals surface area contributed by atoms with Gasteiger partial charge >= 0.3 is 0 Å². The van der Waals surface area contributed by atoms with Crippen LogP contribution in [0, 0.1) is 0 Å². The maximum Gasteiger partial charge on any atom is 0.255 e. The molecule has 2 aromatic carbocycles. The normalized spacial score (nSPS) is 13.5. The average molecular weight is 335 g/mol. The number of carbonyl (C=O) groups is 1. The smallest absolute Gasteiger partial charge is 0.255 e. The number of rotatable bonds is 5. The third-order valence-corrected chi connectivity index (χ3v) is 4.10. The van der Waals surface area contributed by atoms with Crippen LogP contribution in [0.1, 0.15) is 29.2 Å². The minimum absolute atomic E-state index is 0.196. The highest BCUT2D eigenvalue weighted by Gasteiger charge is 2.28. The summed E-state index contributed by atoms with van der Waals surface area (Å²) in [6.07, 6.45) is 2.20. The summed E-state index contributed by atoms with van der Waals surface area (Å²) in [5.41, 5.74) is 2.10. The highest BCUT2D eigenvalue weighted by atomic mass is 16.5. The van der Waals surface area contributed by atoms with Gasteiger partial charge in [-0.1, -0.05) is 18.2 Å². The summed E-state index contributed by atoms with van der Waals surface area (Å²) >= 11 is 0. The molecule has 1 aliphatic rings. The van der Waals surface area contributed by atoms with E-state index in [9.17, 15) is 4.79 Å². The van der Waals surface area contributed by atoms with Gasteiger partial charge in [0.05, 0.1) is 13.2 Å². The monoisotopic (exact) mass is 335 g/mol. The molecule has 4 rings (SSSR count). The van der Waals surface area contributed by atoms with Crippen LogP contribution in [0.3, 0.4) is 0 Å². The van der Waals surface area contributed by atoms with Crippen molar-refractivity contribution in [1.82, 2.24) is 20.2 Å². The van der Waals surface area contributed by atoms with Gasteiger partial charge in [0.2, 0.25) is 0 Å². The second-order valence-corrected chi connectivity index (χ2v) is 5.95. The van der Waals surface area contributed by atoms with Gasteiger partial charge in [-0.25, -0.2) is 4.68 Å². The average Bonchev–Trinajstić information content (AvgIpc) is 3.38. The van der Waals surface area contributed by atoms with E-state index >= 15 is 0 Å². The molecule has 126 valence electrons. The molecule has 0 bridgehead atoms. The first-order valence-electron chi connectivity index (χ1n) is 8.08. The van der Waals surface area contributed by atoms with Crippen LogP contribution in [0.25, 0.3) is 11.4 Å². The summed E-state index contributed by atoms with van der Waals surface area (Å²) in [5, 5.41) is 14.9. The molecular weight excluding hydrogens is 318 g/mol. The van der Waals surface area contributed by atoms with Crippen LogP contribution in [-0.4, -0.2) is 33.2 Å². The quantitative estimate of drug-likeness (QED) is 0.775. The summed E-state index contributed by atoms with van der Waals surface area (Å²) in [5.74, 6) is 1.17. The number of methoxy groups -OCH3 is 1. The van der Waals surface area contributed by atoms with E-state index in [1.165, 1.54) is 0 Å². The predicted octanol–water partition coefficient (Wildman–Crippen LogP) is 2.94. The molecule has 0 saturated heterocycles. The zero-order chi connectivity index (χ0) is 17.2. The third kappa shape index (κ3) is 3.21. The number of amides is 1. The molecule has 1 fully saturated rings. The molecular formula is C18H17N5O2. The molecule has 1 amide bonds. The van der Waals surface area contributed by atoms with Gasteiger partial charge in [0.25, 0.3) is 5.91 Å². The molecule has 0 aliphatic heterocycles. The number of nitrogens with one attached hydrogen (secondary N) is 1.